The van der Waals surface area contributed by atoms with Crippen LogP contribution in [-0.4, -0.2) is 12.5 Å². The number of anilines is 1. The van der Waals surface area contributed by atoms with Crippen molar-refractivity contribution in [3.05, 3.63) is 93.3 Å². The molecule has 10 heteroatoms. The van der Waals surface area contributed by atoms with Crippen molar-refractivity contribution in [3.63, 3.8) is 0 Å². The number of rotatable bonds is 6. The maximum Gasteiger partial charge on any atom is 0.453 e. The van der Waals surface area contributed by atoms with Crippen LogP contribution >= 0.6 is 11.6 Å². The molecular weight excluding hydrogens is 487 g/mol. The lowest BCUT2D eigenvalue weighted by atomic mass is 10.2. The minimum absolute atomic E-state index is 0.0236. The number of alkyl halides is 3. The van der Waals surface area contributed by atoms with Gasteiger partial charge in [-0.15, -0.1) is 0 Å². The standard InChI is InChI=1S/C25H17ClF3NO5/c1-14-5-4-6-16(11-14)34-23-22(32)17-10-9-15(12-20(17)35-24(23)25(27,28)29)33-13-21(31)30-19-8-3-2-7-18(19)26/h2-12H,13H2,1H3,(H,30,31). The molecule has 1 amide bonds. The largest absolute Gasteiger partial charge is 0.484 e. The minimum Gasteiger partial charge on any atom is -0.484 e. The van der Waals surface area contributed by atoms with Crippen LogP contribution in [-0.2, 0) is 11.0 Å². The molecule has 0 aliphatic carbocycles. The van der Waals surface area contributed by atoms with E-state index < -0.39 is 35.6 Å². The predicted molar refractivity (Wildman–Crippen MR) is 124 cm³/mol. The van der Waals surface area contributed by atoms with Crippen molar-refractivity contribution in [3.8, 4) is 17.2 Å². The zero-order valence-corrected chi connectivity index (χ0v) is 18.9. The number of benzene rings is 3. The van der Waals surface area contributed by atoms with Crippen LogP contribution < -0.4 is 20.2 Å². The zero-order chi connectivity index (χ0) is 25.2. The number of amides is 1. The summed E-state index contributed by atoms with van der Waals surface area (Å²) in [6.07, 6.45) is -5.00. The number of fused-ring (bicyclic) bond motifs is 1. The molecule has 0 aliphatic rings. The Morgan fingerprint density at radius 1 is 1.03 bits per heavy atom. The number of halogens is 4. The van der Waals surface area contributed by atoms with Gasteiger partial charge in [-0.1, -0.05) is 35.9 Å². The van der Waals surface area contributed by atoms with Gasteiger partial charge in [0.15, 0.2) is 6.61 Å². The number of aryl methyl sites for hydroxylation is 1. The second-order valence-electron chi connectivity index (χ2n) is 7.48. The molecule has 0 aliphatic heterocycles. The number of hydrogen-bond acceptors (Lipinski definition) is 5. The van der Waals surface area contributed by atoms with Crippen molar-refractivity contribution >= 4 is 34.2 Å². The summed E-state index contributed by atoms with van der Waals surface area (Å²) in [6.45, 7) is 1.28. The summed E-state index contributed by atoms with van der Waals surface area (Å²) < 4.78 is 56.9. The van der Waals surface area contributed by atoms with Gasteiger partial charge in [0.05, 0.1) is 16.1 Å². The number of hydrogen-bond donors (Lipinski definition) is 1. The fourth-order valence-corrected chi connectivity index (χ4v) is 3.40. The summed E-state index contributed by atoms with van der Waals surface area (Å²) in [5, 5.41) is 2.74. The topological polar surface area (TPSA) is 77.8 Å². The van der Waals surface area contributed by atoms with E-state index in [4.69, 9.17) is 25.5 Å². The number of nitrogens with one attached hydrogen (secondary N) is 1. The summed E-state index contributed by atoms with van der Waals surface area (Å²) in [5.41, 5.74) is -0.254. The summed E-state index contributed by atoms with van der Waals surface area (Å²) in [7, 11) is 0. The Labute approximate surface area is 201 Å². The molecule has 4 rings (SSSR count). The van der Waals surface area contributed by atoms with Gasteiger partial charge in [0.1, 0.15) is 17.1 Å². The van der Waals surface area contributed by atoms with Gasteiger partial charge < -0.3 is 19.2 Å². The summed E-state index contributed by atoms with van der Waals surface area (Å²) in [6, 6.07) is 16.5. The van der Waals surface area contributed by atoms with Crippen LogP contribution in [0.25, 0.3) is 11.0 Å². The molecule has 1 aromatic heterocycles. The summed E-state index contributed by atoms with van der Waals surface area (Å²) >= 11 is 5.99. The Bertz CT molecular complexity index is 1470. The van der Waals surface area contributed by atoms with E-state index in [9.17, 15) is 22.8 Å². The average Bonchev–Trinajstić information content (AvgIpc) is 2.80. The molecule has 6 nitrogen and oxygen atoms in total. The molecule has 0 unspecified atom stereocenters. The van der Waals surface area contributed by atoms with Gasteiger partial charge in [0, 0.05) is 6.07 Å². The van der Waals surface area contributed by atoms with Crippen molar-refractivity contribution in [2.75, 3.05) is 11.9 Å². The average molecular weight is 504 g/mol. The quantitative estimate of drug-likeness (QED) is 0.321. The molecule has 0 fully saturated rings. The minimum atomic E-state index is -5.00. The van der Waals surface area contributed by atoms with E-state index in [0.717, 1.165) is 11.6 Å². The van der Waals surface area contributed by atoms with E-state index in [2.05, 4.69) is 5.32 Å². The Morgan fingerprint density at radius 3 is 2.51 bits per heavy atom. The molecule has 180 valence electrons. The zero-order valence-electron chi connectivity index (χ0n) is 18.1. The third kappa shape index (κ3) is 5.58. The van der Waals surface area contributed by atoms with Crippen molar-refractivity contribution < 1.29 is 31.9 Å². The lowest BCUT2D eigenvalue weighted by Gasteiger charge is -2.14. The molecule has 1 heterocycles. The van der Waals surface area contributed by atoms with Crippen LogP contribution in [0.4, 0.5) is 18.9 Å². The smallest absolute Gasteiger partial charge is 0.453 e. The molecule has 0 saturated carbocycles. The first-order chi connectivity index (χ1) is 16.6. The molecule has 35 heavy (non-hydrogen) atoms. The third-order valence-electron chi connectivity index (χ3n) is 4.81. The number of carbonyl (C=O) groups is 1. The summed E-state index contributed by atoms with van der Waals surface area (Å²) in [5.74, 6) is -3.01. The van der Waals surface area contributed by atoms with E-state index >= 15 is 0 Å². The molecule has 0 saturated heterocycles. The molecular formula is C25H17ClF3NO5. The molecule has 4 aromatic rings. The fourth-order valence-electron chi connectivity index (χ4n) is 3.22. The first kappa shape index (κ1) is 24.2. The number of carbonyl (C=O) groups excluding carboxylic acids is 1. The SMILES string of the molecule is Cc1cccc(Oc2c(C(F)(F)F)oc3cc(OCC(=O)Nc4ccccc4Cl)ccc3c2=O)c1. The van der Waals surface area contributed by atoms with Crippen molar-refractivity contribution in [1.29, 1.82) is 0 Å². The van der Waals surface area contributed by atoms with Crippen LogP contribution in [0.2, 0.25) is 5.02 Å². The molecule has 1 N–H and O–H groups in total. The molecule has 0 atom stereocenters. The highest BCUT2D eigenvalue weighted by molar-refractivity contribution is 6.33. The van der Waals surface area contributed by atoms with Crippen molar-refractivity contribution in [2.45, 2.75) is 13.1 Å². The van der Waals surface area contributed by atoms with E-state index in [0.29, 0.717) is 10.7 Å². The molecule has 0 radical (unpaired) electrons. The van der Waals surface area contributed by atoms with Gasteiger partial charge in [-0.2, -0.15) is 13.2 Å². The van der Waals surface area contributed by atoms with E-state index in [-0.39, 0.29) is 22.5 Å². The predicted octanol–water partition coefficient (Wildman–Crippen LogP) is 6.58. The first-order valence-corrected chi connectivity index (χ1v) is 10.6. The van der Waals surface area contributed by atoms with Crippen molar-refractivity contribution in [1.82, 2.24) is 0 Å². The first-order valence-electron chi connectivity index (χ1n) is 10.2. The molecule has 0 spiro atoms. The van der Waals surface area contributed by atoms with Gasteiger partial charge in [0.25, 0.3) is 11.7 Å². The maximum atomic E-state index is 13.7. The molecule has 3 aromatic carbocycles. The van der Waals surface area contributed by atoms with Gasteiger partial charge in [-0.3, -0.25) is 9.59 Å². The van der Waals surface area contributed by atoms with Crippen LogP contribution in [0.1, 0.15) is 11.3 Å². The monoisotopic (exact) mass is 503 g/mol. The highest BCUT2D eigenvalue weighted by Crippen LogP contribution is 2.38. The Hall–Kier alpha value is -3.98. The number of ether oxygens (including phenoxy) is 2. The normalized spacial score (nSPS) is 11.3. The van der Waals surface area contributed by atoms with Gasteiger partial charge >= 0.3 is 6.18 Å². The fraction of sp³-hybridized carbons (Fsp3) is 0.120. The van der Waals surface area contributed by atoms with Crippen LogP contribution in [0.15, 0.2) is 75.9 Å². The van der Waals surface area contributed by atoms with Gasteiger partial charge in [-0.25, -0.2) is 0 Å². The highest BCUT2D eigenvalue weighted by Gasteiger charge is 2.40. The van der Waals surface area contributed by atoms with Crippen molar-refractivity contribution in [2.24, 2.45) is 0 Å². The second-order valence-corrected chi connectivity index (χ2v) is 7.89. The Kier molecular flexibility index (Phi) is 6.70. The van der Waals surface area contributed by atoms with E-state index in [1.54, 1.807) is 43.3 Å². The third-order valence-corrected chi connectivity index (χ3v) is 5.14. The lowest BCUT2D eigenvalue weighted by Crippen LogP contribution is -2.20. The lowest BCUT2D eigenvalue weighted by molar-refractivity contribution is -0.154. The highest BCUT2D eigenvalue weighted by atomic mass is 35.5. The van der Waals surface area contributed by atoms with Crippen LogP contribution in [0, 0.1) is 6.92 Å². The van der Waals surface area contributed by atoms with Crippen LogP contribution in [0.5, 0.6) is 17.2 Å². The van der Waals surface area contributed by atoms with Gasteiger partial charge in [0.2, 0.25) is 11.2 Å². The Balaban J connectivity index is 1.62. The van der Waals surface area contributed by atoms with Gasteiger partial charge in [-0.05, 0) is 48.9 Å². The van der Waals surface area contributed by atoms with E-state index in [1.807, 2.05) is 0 Å². The number of para-hydroxylation sites is 1. The molecule has 0 bridgehead atoms. The maximum absolute atomic E-state index is 13.7. The van der Waals surface area contributed by atoms with E-state index in [1.165, 1.54) is 24.3 Å². The Morgan fingerprint density at radius 2 is 1.80 bits per heavy atom. The second kappa shape index (κ2) is 9.71. The summed E-state index contributed by atoms with van der Waals surface area (Å²) in [4.78, 5) is 25.0. The van der Waals surface area contributed by atoms with Crippen LogP contribution in [0.3, 0.4) is 0 Å².